The summed E-state index contributed by atoms with van der Waals surface area (Å²) in [5.74, 6) is -0.525. The molecule has 0 aliphatic heterocycles. The molecule has 1 amide bonds. The van der Waals surface area contributed by atoms with Crippen molar-refractivity contribution in [2.45, 2.75) is 13.0 Å². The number of alkyl halides is 2. The lowest BCUT2D eigenvalue weighted by molar-refractivity contribution is 0.102. The number of rotatable bonds is 7. The molecule has 1 N–H and O–H groups in total. The third-order valence-electron chi connectivity index (χ3n) is 5.41. The Morgan fingerprint density at radius 3 is 2.64 bits per heavy atom. The van der Waals surface area contributed by atoms with Gasteiger partial charge < -0.3 is 4.74 Å². The fraction of sp³-hybridized carbons (Fsp3) is 0.125. The first-order valence-corrected chi connectivity index (χ1v) is 10.7. The molecule has 0 fully saturated rings. The minimum absolute atomic E-state index is 0.0438. The molecule has 0 atom stereocenters. The van der Waals surface area contributed by atoms with E-state index in [9.17, 15) is 18.0 Å². The highest BCUT2D eigenvalue weighted by Gasteiger charge is 2.22. The maximum absolute atomic E-state index is 13.9. The minimum Gasteiger partial charge on any atom is -0.497 e. The molecule has 182 valence electrons. The zero-order valence-electron chi connectivity index (χ0n) is 18.8. The van der Waals surface area contributed by atoms with Gasteiger partial charge in [-0.1, -0.05) is 18.2 Å². The van der Waals surface area contributed by atoms with Crippen LogP contribution in [0.4, 0.5) is 19.1 Å². The summed E-state index contributed by atoms with van der Waals surface area (Å²) in [5, 5.41) is 10.6. The second-order valence-electron chi connectivity index (χ2n) is 7.70. The maximum Gasteiger partial charge on any atom is 0.280 e. The quantitative estimate of drug-likeness (QED) is 0.362. The third-order valence-corrected chi connectivity index (χ3v) is 5.41. The summed E-state index contributed by atoms with van der Waals surface area (Å²) in [4.78, 5) is 21.4. The molecule has 0 aliphatic carbocycles. The summed E-state index contributed by atoms with van der Waals surface area (Å²) in [7, 11) is 1.52. The normalized spacial score (nSPS) is 11.2. The van der Waals surface area contributed by atoms with Crippen LogP contribution in [0.3, 0.4) is 0 Å². The third kappa shape index (κ3) is 4.48. The molecule has 5 aromatic rings. The summed E-state index contributed by atoms with van der Waals surface area (Å²) in [5.41, 5.74) is 0.679. The van der Waals surface area contributed by atoms with E-state index in [1.807, 2.05) is 0 Å². The number of nitrogens with zero attached hydrogens (tertiary/aromatic N) is 6. The summed E-state index contributed by atoms with van der Waals surface area (Å²) < 4.78 is 49.0. The van der Waals surface area contributed by atoms with E-state index in [0.29, 0.717) is 16.9 Å². The molecule has 0 spiro atoms. The van der Waals surface area contributed by atoms with Crippen LogP contribution in [0.15, 0.2) is 67.1 Å². The van der Waals surface area contributed by atoms with Gasteiger partial charge in [-0.25, -0.2) is 32.3 Å². The maximum atomic E-state index is 13.9. The Morgan fingerprint density at radius 1 is 1.14 bits per heavy atom. The van der Waals surface area contributed by atoms with Crippen molar-refractivity contribution in [2.75, 3.05) is 12.4 Å². The monoisotopic (exact) mass is 493 g/mol. The van der Waals surface area contributed by atoms with Crippen molar-refractivity contribution in [1.82, 2.24) is 29.4 Å². The number of carbonyl (C=O) groups is 1. The molecule has 0 saturated heterocycles. The number of anilines is 1. The smallest absolute Gasteiger partial charge is 0.280 e. The fourth-order valence-electron chi connectivity index (χ4n) is 3.61. The molecule has 9 nitrogen and oxygen atoms in total. The van der Waals surface area contributed by atoms with Crippen molar-refractivity contribution in [2.24, 2.45) is 0 Å². The average molecular weight is 493 g/mol. The molecule has 0 saturated carbocycles. The molecule has 0 radical (unpaired) electrons. The number of hydrogen-bond donors (Lipinski definition) is 1. The molecular weight excluding hydrogens is 475 g/mol. The number of halogens is 3. The number of aromatic nitrogens is 6. The van der Waals surface area contributed by atoms with Crippen molar-refractivity contribution < 1.29 is 22.7 Å². The zero-order chi connectivity index (χ0) is 25.2. The SMILES string of the molecule is COc1ccc(-c2cc(C(F)F)n3ncc(C(=O)Nc4ncn(Cc5ccccc5F)n4)c3n2)cc1. The van der Waals surface area contributed by atoms with E-state index in [1.54, 1.807) is 42.5 Å². The molecule has 0 aliphatic rings. The topological polar surface area (TPSA) is 99.2 Å². The first kappa shape index (κ1) is 23.0. The Balaban J connectivity index is 1.44. The Bertz CT molecular complexity index is 1550. The number of methoxy groups -OCH3 is 1. The Hall–Kier alpha value is -4.74. The molecule has 0 bridgehead atoms. The summed E-state index contributed by atoms with van der Waals surface area (Å²) in [6.45, 7) is 0.108. The highest BCUT2D eigenvalue weighted by Crippen LogP contribution is 2.28. The molecular formula is C24H18F3N7O2. The highest BCUT2D eigenvalue weighted by molar-refractivity contribution is 6.07. The number of carbonyl (C=O) groups excluding carboxylic acids is 1. The van der Waals surface area contributed by atoms with Gasteiger partial charge in [-0.05, 0) is 36.4 Å². The lowest BCUT2D eigenvalue weighted by Gasteiger charge is -2.09. The van der Waals surface area contributed by atoms with Crippen LogP contribution in [0.1, 0.15) is 28.0 Å². The second-order valence-corrected chi connectivity index (χ2v) is 7.70. The van der Waals surface area contributed by atoms with Gasteiger partial charge in [-0.15, -0.1) is 5.10 Å². The van der Waals surface area contributed by atoms with Crippen LogP contribution in [0.25, 0.3) is 16.9 Å². The van der Waals surface area contributed by atoms with Gasteiger partial charge in [-0.3, -0.25) is 10.1 Å². The van der Waals surface area contributed by atoms with Gasteiger partial charge in [0, 0.05) is 11.1 Å². The molecule has 3 heterocycles. The predicted octanol–water partition coefficient (Wildman–Crippen LogP) is 4.37. The van der Waals surface area contributed by atoms with Crippen molar-refractivity contribution in [3.63, 3.8) is 0 Å². The Labute approximate surface area is 202 Å². The minimum atomic E-state index is -2.86. The lowest BCUT2D eigenvalue weighted by Crippen LogP contribution is -2.14. The van der Waals surface area contributed by atoms with E-state index >= 15 is 0 Å². The van der Waals surface area contributed by atoms with Crippen LogP contribution in [0.2, 0.25) is 0 Å². The van der Waals surface area contributed by atoms with Crippen LogP contribution in [-0.4, -0.2) is 42.4 Å². The van der Waals surface area contributed by atoms with Gasteiger partial charge in [0.25, 0.3) is 12.3 Å². The standard InChI is InChI=1S/C24H18F3N7O2/c1-36-16-8-6-14(7-9-16)19-10-20(21(26)27)34-22(30-19)17(11-29-34)23(35)31-24-28-13-33(32-24)12-15-4-2-3-5-18(15)25/h2-11,13,21H,12H2,1H3,(H,31,32,35). The van der Waals surface area contributed by atoms with Gasteiger partial charge in [0.1, 0.15) is 29.2 Å². The highest BCUT2D eigenvalue weighted by atomic mass is 19.3. The molecule has 3 aromatic heterocycles. The van der Waals surface area contributed by atoms with Gasteiger partial charge in [0.05, 0.1) is 25.5 Å². The molecule has 12 heteroatoms. The molecule has 2 aromatic carbocycles. The van der Waals surface area contributed by atoms with Crippen LogP contribution in [-0.2, 0) is 6.54 Å². The summed E-state index contributed by atoms with van der Waals surface area (Å²) in [6, 6.07) is 14.2. The van der Waals surface area contributed by atoms with Gasteiger partial charge >= 0.3 is 0 Å². The number of benzene rings is 2. The van der Waals surface area contributed by atoms with E-state index in [0.717, 1.165) is 10.7 Å². The van der Waals surface area contributed by atoms with Crippen molar-refractivity contribution in [1.29, 1.82) is 0 Å². The summed E-state index contributed by atoms with van der Waals surface area (Å²) >= 11 is 0. The number of ether oxygens (including phenoxy) is 1. The van der Waals surface area contributed by atoms with Crippen LogP contribution in [0.5, 0.6) is 5.75 Å². The first-order valence-electron chi connectivity index (χ1n) is 10.7. The van der Waals surface area contributed by atoms with Crippen molar-refractivity contribution in [3.05, 3.63) is 89.8 Å². The second kappa shape index (κ2) is 9.49. The number of nitrogens with one attached hydrogen (secondary N) is 1. The van der Waals surface area contributed by atoms with E-state index < -0.39 is 23.8 Å². The fourth-order valence-corrected chi connectivity index (χ4v) is 3.61. The van der Waals surface area contributed by atoms with E-state index in [1.165, 1.54) is 30.3 Å². The van der Waals surface area contributed by atoms with E-state index in [2.05, 4.69) is 25.5 Å². The lowest BCUT2D eigenvalue weighted by atomic mass is 10.1. The zero-order valence-corrected chi connectivity index (χ0v) is 18.8. The first-order chi connectivity index (χ1) is 17.4. The van der Waals surface area contributed by atoms with Crippen LogP contribution < -0.4 is 10.1 Å². The van der Waals surface area contributed by atoms with Gasteiger partial charge in [-0.2, -0.15) is 5.10 Å². The number of amides is 1. The van der Waals surface area contributed by atoms with Gasteiger partial charge in [0.15, 0.2) is 5.65 Å². The van der Waals surface area contributed by atoms with E-state index in [-0.39, 0.29) is 29.4 Å². The molecule has 36 heavy (non-hydrogen) atoms. The van der Waals surface area contributed by atoms with Crippen LogP contribution >= 0.6 is 0 Å². The molecule has 5 rings (SSSR count). The molecule has 0 unspecified atom stereocenters. The van der Waals surface area contributed by atoms with Crippen molar-refractivity contribution >= 4 is 17.5 Å². The predicted molar refractivity (Wildman–Crippen MR) is 123 cm³/mol. The Kier molecular flexibility index (Phi) is 6.07. The number of fused-ring (bicyclic) bond motifs is 1. The average Bonchev–Trinajstić information content (AvgIpc) is 3.51. The Morgan fingerprint density at radius 2 is 1.92 bits per heavy atom. The van der Waals surface area contributed by atoms with Crippen molar-refractivity contribution in [3.8, 4) is 17.0 Å². The van der Waals surface area contributed by atoms with E-state index in [4.69, 9.17) is 4.74 Å². The van der Waals surface area contributed by atoms with Crippen LogP contribution in [0, 0.1) is 5.82 Å². The van der Waals surface area contributed by atoms with Gasteiger partial charge in [0.2, 0.25) is 5.95 Å². The largest absolute Gasteiger partial charge is 0.497 e. The number of hydrogen-bond acceptors (Lipinski definition) is 6. The summed E-state index contributed by atoms with van der Waals surface area (Å²) in [6.07, 6.45) is -0.371.